The molecule has 9 atom stereocenters. The Morgan fingerprint density at radius 1 is 0.667 bits per heavy atom. The van der Waals surface area contributed by atoms with Crippen LogP contribution in [0, 0.1) is 34.5 Å². The maximum atomic E-state index is 6.67. The van der Waals surface area contributed by atoms with E-state index in [2.05, 4.69) is 103 Å². The average molecular weight is 855 g/mol. The molecular formula is C60H90N2O. The number of hydrogen-bond donors (Lipinski definition) is 0. The van der Waals surface area contributed by atoms with Crippen molar-refractivity contribution < 1.29 is 4.74 Å². The summed E-state index contributed by atoms with van der Waals surface area (Å²) in [5, 5.41) is 0. The van der Waals surface area contributed by atoms with Crippen molar-refractivity contribution in [1.29, 1.82) is 0 Å². The molecule has 0 N–H and O–H groups in total. The number of rotatable bonds is 16. The van der Waals surface area contributed by atoms with Crippen molar-refractivity contribution in [2.45, 2.75) is 237 Å². The lowest BCUT2D eigenvalue weighted by Crippen LogP contribution is -2.49. The molecule has 9 aliphatic rings. The van der Waals surface area contributed by atoms with Crippen molar-refractivity contribution >= 4 is 0 Å². The lowest BCUT2D eigenvalue weighted by atomic mass is 9.57. The first-order valence-electron chi connectivity index (χ1n) is 27.5. The summed E-state index contributed by atoms with van der Waals surface area (Å²) in [5.41, 5.74) is 7.51. The third kappa shape index (κ3) is 10.7. The minimum Gasteiger partial charge on any atom is -0.378 e. The summed E-state index contributed by atoms with van der Waals surface area (Å²) in [7, 11) is 0. The zero-order chi connectivity index (χ0) is 43.1. The molecule has 9 aliphatic carbocycles. The number of unbranched alkanes of at least 4 members (excludes halogenated alkanes) is 2. The van der Waals surface area contributed by atoms with Gasteiger partial charge in [0.25, 0.3) is 0 Å². The van der Waals surface area contributed by atoms with Crippen molar-refractivity contribution in [1.82, 2.24) is 9.80 Å². The number of hydrogen-bond acceptors (Lipinski definition) is 3. The molecule has 0 heterocycles. The van der Waals surface area contributed by atoms with Gasteiger partial charge in [-0.15, -0.1) is 0 Å². The standard InChI is InChI=1S/C60H90N2O/c1-59(2,3)42-40-46-32-36-54(37-33-46)63-43-21-9-20-41-60(47-22-10-4-11-23-47)57-44-52(61(48-24-12-5-13-25-48)49-26-14-6-15-27-49)34-38-55(57)56-39-35-53(45-58(56)60)62(50-28-16-7-17-29-50)51-30-18-8-19-31-51/h4,10,12,16,22,24-25,28,30,32,35,39,49-50,52-58H,5-9,11,13-15,17-21,23,26-27,29,31,33-34,36-38,40-45H2,1-3H3/t50?,52?,53?,54?,55?,56?,57?,58-,60?/m0/s1. The van der Waals surface area contributed by atoms with E-state index in [1.807, 2.05) is 5.57 Å². The number of fused-ring (bicyclic) bond motifs is 3. The van der Waals surface area contributed by atoms with Gasteiger partial charge in [-0.3, -0.25) is 0 Å². The van der Waals surface area contributed by atoms with Crippen LogP contribution in [0.3, 0.4) is 0 Å². The molecule has 0 aromatic rings. The minimum absolute atomic E-state index is 0.282. The highest BCUT2D eigenvalue weighted by atomic mass is 16.5. The van der Waals surface area contributed by atoms with E-state index in [0.717, 1.165) is 42.7 Å². The Bertz CT molecular complexity index is 1760. The minimum atomic E-state index is 0.282. The van der Waals surface area contributed by atoms with Gasteiger partial charge in [0.05, 0.1) is 6.10 Å². The van der Waals surface area contributed by atoms with E-state index in [9.17, 15) is 0 Å². The lowest BCUT2D eigenvalue weighted by Gasteiger charge is -2.52. The second-order valence-electron chi connectivity index (χ2n) is 23.4. The molecule has 8 unspecified atom stereocenters. The van der Waals surface area contributed by atoms with Gasteiger partial charge in [0, 0.05) is 42.2 Å². The Morgan fingerprint density at radius 2 is 1.59 bits per heavy atom. The molecule has 0 aromatic heterocycles. The predicted molar refractivity (Wildman–Crippen MR) is 267 cm³/mol. The van der Waals surface area contributed by atoms with E-state index in [1.54, 1.807) is 17.0 Å². The lowest BCUT2D eigenvalue weighted by molar-refractivity contribution is 0.0356. The largest absolute Gasteiger partial charge is 0.378 e. The zero-order valence-electron chi connectivity index (χ0n) is 40.6. The predicted octanol–water partition coefficient (Wildman–Crippen LogP) is 16.2. The van der Waals surface area contributed by atoms with Crippen LogP contribution in [0.5, 0.6) is 0 Å². The average Bonchev–Trinajstić information content (AvgIpc) is 3.60. The van der Waals surface area contributed by atoms with E-state index in [4.69, 9.17) is 4.74 Å². The van der Waals surface area contributed by atoms with E-state index in [-0.39, 0.29) is 5.41 Å². The Balaban J connectivity index is 0.982. The van der Waals surface area contributed by atoms with Crippen LogP contribution in [0.25, 0.3) is 0 Å². The molecular weight excluding hydrogens is 765 g/mol. The Morgan fingerprint density at radius 3 is 2.33 bits per heavy atom. The molecule has 63 heavy (non-hydrogen) atoms. The summed E-state index contributed by atoms with van der Waals surface area (Å²) in [6.45, 7) is 8.08. The number of ether oxygens (including phenoxy) is 1. The van der Waals surface area contributed by atoms with Gasteiger partial charge in [-0.2, -0.15) is 0 Å². The molecule has 3 saturated carbocycles. The maximum absolute atomic E-state index is 6.67. The van der Waals surface area contributed by atoms with Crippen molar-refractivity contribution in [2.24, 2.45) is 34.5 Å². The maximum Gasteiger partial charge on any atom is 0.0612 e. The first-order valence-corrected chi connectivity index (χ1v) is 27.5. The molecule has 0 radical (unpaired) electrons. The fraction of sp³-hybridized carbons (Fsp3) is 0.733. The third-order valence-electron chi connectivity index (χ3n) is 18.2. The highest BCUT2D eigenvalue weighted by Gasteiger charge is 2.62. The molecule has 0 amide bonds. The van der Waals surface area contributed by atoms with E-state index >= 15 is 0 Å². The van der Waals surface area contributed by atoms with Crippen LogP contribution in [0.2, 0.25) is 0 Å². The third-order valence-corrected chi connectivity index (χ3v) is 18.2. The first-order chi connectivity index (χ1) is 30.9. The molecule has 3 heteroatoms. The Kier molecular flexibility index (Phi) is 15.5. The quantitative estimate of drug-likeness (QED) is 0.114. The van der Waals surface area contributed by atoms with Crippen molar-refractivity contribution in [3.63, 3.8) is 0 Å². The molecule has 0 bridgehead atoms. The van der Waals surface area contributed by atoms with Gasteiger partial charge < -0.3 is 14.5 Å². The van der Waals surface area contributed by atoms with Crippen LogP contribution in [-0.4, -0.2) is 46.7 Å². The normalized spacial score (nSPS) is 34.7. The summed E-state index contributed by atoms with van der Waals surface area (Å²) in [5.74, 6) is 3.03. The molecule has 3 fully saturated rings. The van der Waals surface area contributed by atoms with Crippen LogP contribution in [-0.2, 0) is 4.74 Å². The van der Waals surface area contributed by atoms with Gasteiger partial charge in [-0.05, 0) is 195 Å². The van der Waals surface area contributed by atoms with Gasteiger partial charge in [0.15, 0.2) is 0 Å². The summed E-state index contributed by atoms with van der Waals surface area (Å²) in [4.78, 5) is 6.08. The van der Waals surface area contributed by atoms with Crippen LogP contribution in [0.1, 0.15) is 207 Å². The van der Waals surface area contributed by atoms with Gasteiger partial charge in [0.1, 0.15) is 0 Å². The summed E-state index contributed by atoms with van der Waals surface area (Å²) in [6.07, 6.45) is 69.8. The van der Waals surface area contributed by atoms with Crippen molar-refractivity contribution in [2.75, 3.05) is 6.61 Å². The van der Waals surface area contributed by atoms with Crippen molar-refractivity contribution in [3.05, 3.63) is 95.5 Å². The Labute approximate surface area is 386 Å². The topological polar surface area (TPSA) is 15.7 Å². The number of allylic oxidation sites excluding steroid dienone is 12. The summed E-state index contributed by atoms with van der Waals surface area (Å²) in [6, 6.07) is 2.47. The van der Waals surface area contributed by atoms with E-state index in [0.29, 0.717) is 29.6 Å². The molecule has 9 rings (SSSR count). The molecule has 0 saturated heterocycles. The second-order valence-corrected chi connectivity index (χ2v) is 23.4. The molecule has 3 nitrogen and oxygen atoms in total. The van der Waals surface area contributed by atoms with Crippen LogP contribution < -0.4 is 0 Å². The second kappa shape index (κ2) is 21.4. The van der Waals surface area contributed by atoms with Gasteiger partial charge in [-0.1, -0.05) is 131 Å². The smallest absolute Gasteiger partial charge is 0.0612 e. The highest BCUT2D eigenvalue weighted by Crippen LogP contribution is 2.68. The van der Waals surface area contributed by atoms with E-state index < -0.39 is 0 Å². The van der Waals surface area contributed by atoms with E-state index in [1.165, 1.54) is 180 Å². The highest BCUT2D eigenvalue weighted by molar-refractivity contribution is 5.34. The summed E-state index contributed by atoms with van der Waals surface area (Å²) >= 11 is 0. The van der Waals surface area contributed by atoms with Crippen LogP contribution >= 0.6 is 0 Å². The molecule has 346 valence electrons. The number of nitrogens with zero attached hydrogens (tertiary/aromatic N) is 2. The van der Waals surface area contributed by atoms with Gasteiger partial charge in [0.2, 0.25) is 0 Å². The molecule has 0 aliphatic heterocycles. The van der Waals surface area contributed by atoms with Gasteiger partial charge in [-0.25, -0.2) is 0 Å². The monoisotopic (exact) mass is 855 g/mol. The van der Waals surface area contributed by atoms with Crippen LogP contribution in [0.15, 0.2) is 95.5 Å². The molecule has 0 spiro atoms. The summed E-state index contributed by atoms with van der Waals surface area (Å²) < 4.78 is 6.67. The zero-order valence-corrected chi connectivity index (χ0v) is 40.6. The van der Waals surface area contributed by atoms with Gasteiger partial charge >= 0.3 is 0 Å². The SMILES string of the molecule is CC(C)(C)CCC1=CCC(OCCCCCC2(C3=CC=CCC3)C3CC(N(C4=CCCC=C4)C4CCCCC4)CCC3C3C=CC(N(C4=CCCCC4)C4C=CCCC4)C[C@@H]32)CC1. The Hall–Kier alpha value is -2.52. The van der Waals surface area contributed by atoms with Crippen molar-refractivity contribution in [3.8, 4) is 0 Å². The van der Waals surface area contributed by atoms with Crippen LogP contribution in [0.4, 0.5) is 0 Å². The fourth-order valence-corrected chi connectivity index (χ4v) is 15.2. The molecule has 0 aromatic carbocycles. The first kappa shape index (κ1) is 45.6. The fourth-order valence-electron chi connectivity index (χ4n) is 15.2.